The van der Waals surface area contributed by atoms with Crippen molar-refractivity contribution in [2.75, 3.05) is 20.2 Å². The lowest BCUT2D eigenvalue weighted by Crippen LogP contribution is -2.17. The van der Waals surface area contributed by atoms with Crippen LogP contribution in [0.15, 0.2) is 72.8 Å². The highest BCUT2D eigenvalue weighted by Crippen LogP contribution is 1.96. The molecule has 3 nitrogen and oxygen atoms in total. The van der Waals surface area contributed by atoms with E-state index < -0.39 is 0 Å². The Balaban J connectivity index is 0.000000143. The molecule has 0 radical (unpaired) electrons. The van der Waals surface area contributed by atoms with Crippen LogP contribution in [0.25, 0.3) is 0 Å². The van der Waals surface area contributed by atoms with Gasteiger partial charge in [0.05, 0.1) is 6.54 Å². The fourth-order valence-electron chi connectivity index (χ4n) is 1.24. The largest absolute Gasteiger partial charge is 0.448 e. The van der Waals surface area contributed by atoms with Crippen molar-refractivity contribution in [2.24, 2.45) is 0 Å². The molecule has 0 spiro atoms. The molecule has 1 heterocycles. The van der Waals surface area contributed by atoms with E-state index in [1.54, 1.807) is 11.9 Å². The Morgan fingerprint density at radius 3 is 1.21 bits per heavy atom. The lowest BCUT2D eigenvalue weighted by molar-refractivity contribution is 0.163. The van der Waals surface area contributed by atoms with E-state index in [1.807, 2.05) is 72.8 Å². The molecular formula is C16H19NO2. The van der Waals surface area contributed by atoms with Crippen LogP contribution in [-0.4, -0.2) is 31.2 Å². The summed E-state index contributed by atoms with van der Waals surface area (Å²) in [6.45, 7) is 1.29. The van der Waals surface area contributed by atoms with Gasteiger partial charge in [0.1, 0.15) is 6.61 Å². The van der Waals surface area contributed by atoms with Gasteiger partial charge in [-0.05, 0) is 0 Å². The molecule has 19 heavy (non-hydrogen) atoms. The van der Waals surface area contributed by atoms with E-state index in [2.05, 4.69) is 4.74 Å². The monoisotopic (exact) mass is 257 g/mol. The van der Waals surface area contributed by atoms with Gasteiger partial charge in [-0.25, -0.2) is 4.79 Å². The minimum atomic E-state index is -0.208. The third-order valence-corrected chi connectivity index (χ3v) is 2.30. The van der Waals surface area contributed by atoms with Crippen molar-refractivity contribution in [1.82, 2.24) is 4.90 Å². The molecular weight excluding hydrogens is 238 g/mol. The first-order valence-electron chi connectivity index (χ1n) is 6.18. The second-order valence-electron chi connectivity index (χ2n) is 3.85. The van der Waals surface area contributed by atoms with Crippen LogP contribution in [0, 0.1) is 0 Å². The zero-order chi connectivity index (χ0) is 13.8. The number of carbonyl (C=O) groups excluding carboxylic acids is 1. The van der Waals surface area contributed by atoms with Crippen molar-refractivity contribution < 1.29 is 9.53 Å². The molecule has 1 saturated heterocycles. The molecule has 0 aromatic heterocycles. The number of rotatable bonds is 0. The van der Waals surface area contributed by atoms with Crippen LogP contribution in [-0.2, 0) is 4.74 Å². The van der Waals surface area contributed by atoms with Crippen LogP contribution in [0.3, 0.4) is 0 Å². The van der Waals surface area contributed by atoms with E-state index in [-0.39, 0.29) is 6.09 Å². The van der Waals surface area contributed by atoms with Crippen molar-refractivity contribution >= 4 is 6.09 Å². The smallest absolute Gasteiger partial charge is 0.409 e. The van der Waals surface area contributed by atoms with Gasteiger partial charge in [0.25, 0.3) is 0 Å². The molecule has 3 heteroatoms. The molecule has 1 aliphatic rings. The number of amides is 1. The number of ether oxygens (including phenoxy) is 1. The van der Waals surface area contributed by atoms with E-state index >= 15 is 0 Å². The maximum absolute atomic E-state index is 10.3. The van der Waals surface area contributed by atoms with Crippen LogP contribution in [0.4, 0.5) is 4.79 Å². The maximum Gasteiger partial charge on any atom is 0.409 e. The molecule has 0 atom stereocenters. The van der Waals surface area contributed by atoms with Crippen LogP contribution < -0.4 is 0 Å². The van der Waals surface area contributed by atoms with Gasteiger partial charge in [0.2, 0.25) is 0 Å². The van der Waals surface area contributed by atoms with Crippen molar-refractivity contribution in [3.63, 3.8) is 0 Å². The number of nitrogens with zero attached hydrogens (tertiary/aromatic N) is 1. The molecule has 0 bridgehead atoms. The fraction of sp³-hybridized carbons (Fsp3) is 0.188. The van der Waals surface area contributed by atoms with Crippen LogP contribution in [0.5, 0.6) is 0 Å². The molecule has 100 valence electrons. The molecule has 1 fully saturated rings. The van der Waals surface area contributed by atoms with Crippen LogP contribution in [0.2, 0.25) is 0 Å². The van der Waals surface area contributed by atoms with Gasteiger partial charge in [-0.1, -0.05) is 72.8 Å². The molecule has 1 amide bonds. The molecule has 0 unspecified atom stereocenters. The van der Waals surface area contributed by atoms with Crippen molar-refractivity contribution in [3.05, 3.63) is 72.8 Å². The summed E-state index contributed by atoms with van der Waals surface area (Å²) in [6, 6.07) is 24.0. The molecule has 0 aliphatic carbocycles. The van der Waals surface area contributed by atoms with E-state index in [0.29, 0.717) is 6.61 Å². The summed E-state index contributed by atoms with van der Waals surface area (Å²) in [5.74, 6) is 0. The van der Waals surface area contributed by atoms with E-state index in [4.69, 9.17) is 0 Å². The molecule has 0 N–H and O–H groups in total. The Bertz CT molecular complexity index is 346. The standard InChI is InChI=1S/2C6H6.C4H7NO2/c2*1-2-4-6-5-3-1;1-5-2-3-7-4(5)6/h2*1-6H;2-3H2,1H3. The second kappa shape index (κ2) is 9.71. The van der Waals surface area contributed by atoms with Gasteiger partial charge in [-0.2, -0.15) is 0 Å². The average Bonchev–Trinajstić information content (AvgIpc) is 2.88. The third kappa shape index (κ3) is 7.60. The Hall–Kier alpha value is -2.29. The zero-order valence-corrected chi connectivity index (χ0v) is 11.1. The summed E-state index contributed by atoms with van der Waals surface area (Å²) < 4.78 is 4.55. The first kappa shape index (κ1) is 14.8. The van der Waals surface area contributed by atoms with Crippen LogP contribution in [0.1, 0.15) is 0 Å². The first-order chi connectivity index (χ1) is 9.30. The summed E-state index contributed by atoms with van der Waals surface area (Å²) in [5.41, 5.74) is 0. The number of carbonyl (C=O) groups is 1. The van der Waals surface area contributed by atoms with E-state index in [1.165, 1.54) is 0 Å². The van der Waals surface area contributed by atoms with Gasteiger partial charge in [-0.15, -0.1) is 0 Å². The van der Waals surface area contributed by atoms with Gasteiger partial charge < -0.3 is 9.64 Å². The highest BCUT2D eigenvalue weighted by Gasteiger charge is 2.15. The minimum absolute atomic E-state index is 0.208. The lowest BCUT2D eigenvalue weighted by atomic mass is 10.4. The number of hydrogen-bond acceptors (Lipinski definition) is 2. The van der Waals surface area contributed by atoms with Gasteiger partial charge >= 0.3 is 6.09 Å². The molecule has 3 rings (SSSR count). The average molecular weight is 257 g/mol. The molecule has 0 saturated carbocycles. The predicted octanol–water partition coefficient (Wildman–Crippen LogP) is 3.44. The van der Waals surface area contributed by atoms with Crippen molar-refractivity contribution in [2.45, 2.75) is 0 Å². The quantitative estimate of drug-likeness (QED) is 0.723. The maximum atomic E-state index is 10.3. The number of cyclic esters (lactones) is 1. The van der Waals surface area contributed by atoms with E-state index in [0.717, 1.165) is 6.54 Å². The summed E-state index contributed by atoms with van der Waals surface area (Å²) in [6.07, 6.45) is -0.208. The lowest BCUT2D eigenvalue weighted by Gasteiger charge is -1.98. The predicted molar refractivity (Wildman–Crippen MR) is 76.9 cm³/mol. The van der Waals surface area contributed by atoms with E-state index in [9.17, 15) is 4.79 Å². The first-order valence-corrected chi connectivity index (χ1v) is 6.18. The normalized spacial score (nSPS) is 12.5. The highest BCUT2D eigenvalue weighted by atomic mass is 16.6. The Kier molecular flexibility index (Phi) is 7.55. The number of hydrogen-bond donors (Lipinski definition) is 0. The highest BCUT2D eigenvalue weighted by molar-refractivity contribution is 5.68. The summed E-state index contributed by atoms with van der Waals surface area (Å²) in [4.78, 5) is 11.8. The van der Waals surface area contributed by atoms with Gasteiger partial charge in [0.15, 0.2) is 0 Å². The van der Waals surface area contributed by atoms with Crippen molar-refractivity contribution in [3.8, 4) is 0 Å². The Morgan fingerprint density at radius 2 is 1.11 bits per heavy atom. The third-order valence-electron chi connectivity index (χ3n) is 2.30. The molecule has 1 aliphatic heterocycles. The second-order valence-corrected chi connectivity index (χ2v) is 3.85. The van der Waals surface area contributed by atoms with Gasteiger partial charge in [-0.3, -0.25) is 0 Å². The molecule has 2 aromatic carbocycles. The fourth-order valence-corrected chi connectivity index (χ4v) is 1.24. The van der Waals surface area contributed by atoms with Crippen molar-refractivity contribution in [1.29, 1.82) is 0 Å². The molecule has 2 aromatic rings. The zero-order valence-electron chi connectivity index (χ0n) is 11.1. The van der Waals surface area contributed by atoms with Crippen LogP contribution >= 0.6 is 0 Å². The van der Waals surface area contributed by atoms with Gasteiger partial charge in [0, 0.05) is 7.05 Å². The summed E-state index contributed by atoms with van der Waals surface area (Å²) >= 11 is 0. The minimum Gasteiger partial charge on any atom is -0.448 e. The topological polar surface area (TPSA) is 29.5 Å². The number of likely N-dealkylation sites (N-methyl/N-ethyl adjacent to an activating group) is 1. The summed E-state index contributed by atoms with van der Waals surface area (Å²) in [7, 11) is 1.72. The SMILES string of the molecule is CN1CCOC1=O.c1ccccc1.c1ccccc1. The number of benzene rings is 2. The Morgan fingerprint density at radius 1 is 0.789 bits per heavy atom. The Labute approximate surface area is 114 Å². The summed E-state index contributed by atoms with van der Waals surface area (Å²) in [5, 5.41) is 0.